The number of amides is 1. The maximum atomic E-state index is 13.3. The van der Waals surface area contributed by atoms with E-state index in [2.05, 4.69) is 16.3 Å². The third kappa shape index (κ3) is 4.16. The molecule has 0 unspecified atom stereocenters. The van der Waals surface area contributed by atoms with Crippen LogP contribution in [0, 0.1) is 5.82 Å². The standard InChI is InChI=1S/C17H19ClFN5OS/c1-24-15(16(18)22-23-24)11-7-14(26-9-11)17(25)21-13(8-20)6-10-3-2-4-12(19)5-10/h2-5,7,9,13,22-23H,6,8,20H2,1H3,(H,21,25)/t13-/m0/s1. The quantitative estimate of drug-likeness (QED) is 0.562. The minimum absolute atomic E-state index is 0.216. The SMILES string of the molecule is CN1NNC(Cl)=C1c1csc(C(=O)N[C@H](CN)Cc2cccc(F)c2)c1. The predicted molar refractivity (Wildman–Crippen MR) is 102 cm³/mol. The van der Waals surface area contributed by atoms with Crippen molar-refractivity contribution in [3.63, 3.8) is 0 Å². The highest BCUT2D eigenvalue weighted by atomic mass is 35.5. The highest BCUT2D eigenvalue weighted by molar-refractivity contribution is 7.12. The summed E-state index contributed by atoms with van der Waals surface area (Å²) in [4.78, 5) is 13.1. The fraction of sp³-hybridized carbons (Fsp3) is 0.235. The molecule has 26 heavy (non-hydrogen) atoms. The molecule has 0 bridgehead atoms. The van der Waals surface area contributed by atoms with Gasteiger partial charge in [-0.05, 0) is 30.2 Å². The summed E-state index contributed by atoms with van der Waals surface area (Å²) in [5, 5.41) is 6.97. The van der Waals surface area contributed by atoms with E-state index in [0.717, 1.165) is 16.8 Å². The molecule has 9 heteroatoms. The second kappa shape index (κ2) is 8.05. The number of carbonyl (C=O) groups is 1. The van der Waals surface area contributed by atoms with Crippen LogP contribution in [0.15, 0.2) is 40.9 Å². The van der Waals surface area contributed by atoms with Gasteiger partial charge in [-0.2, -0.15) is 0 Å². The zero-order valence-electron chi connectivity index (χ0n) is 14.1. The summed E-state index contributed by atoms with van der Waals surface area (Å²) in [6.45, 7) is 0.258. The molecule has 0 fully saturated rings. The Morgan fingerprint density at radius 2 is 2.27 bits per heavy atom. The van der Waals surface area contributed by atoms with Crippen molar-refractivity contribution < 1.29 is 9.18 Å². The van der Waals surface area contributed by atoms with Crippen LogP contribution in [0.25, 0.3) is 5.70 Å². The van der Waals surface area contributed by atoms with Crippen molar-refractivity contribution in [1.82, 2.24) is 21.3 Å². The average Bonchev–Trinajstić information content (AvgIpc) is 3.21. The number of halogens is 2. The molecule has 5 N–H and O–H groups in total. The van der Waals surface area contributed by atoms with Gasteiger partial charge >= 0.3 is 0 Å². The summed E-state index contributed by atoms with van der Waals surface area (Å²) in [6.07, 6.45) is 0.464. The smallest absolute Gasteiger partial charge is 0.261 e. The summed E-state index contributed by atoms with van der Waals surface area (Å²) in [6, 6.07) is 7.78. The number of benzene rings is 1. The minimum Gasteiger partial charge on any atom is -0.347 e. The Bertz CT molecular complexity index is 840. The Kier molecular flexibility index (Phi) is 5.77. The molecule has 0 radical (unpaired) electrons. The van der Waals surface area contributed by atoms with Gasteiger partial charge < -0.3 is 11.1 Å². The number of nitrogens with two attached hydrogens (primary N) is 1. The monoisotopic (exact) mass is 395 g/mol. The number of carbonyl (C=O) groups excluding carboxylic acids is 1. The Morgan fingerprint density at radius 3 is 2.92 bits per heavy atom. The Balaban J connectivity index is 1.68. The number of hydrogen-bond acceptors (Lipinski definition) is 6. The van der Waals surface area contributed by atoms with Gasteiger partial charge in [-0.15, -0.1) is 16.9 Å². The Morgan fingerprint density at radius 1 is 1.46 bits per heavy atom. The molecule has 138 valence electrons. The van der Waals surface area contributed by atoms with Gasteiger partial charge in [0, 0.05) is 30.6 Å². The van der Waals surface area contributed by atoms with E-state index in [9.17, 15) is 9.18 Å². The third-order valence-corrected chi connectivity index (χ3v) is 5.17. The van der Waals surface area contributed by atoms with Gasteiger partial charge in [0.2, 0.25) is 0 Å². The van der Waals surface area contributed by atoms with E-state index >= 15 is 0 Å². The fourth-order valence-electron chi connectivity index (χ4n) is 2.69. The lowest BCUT2D eigenvalue weighted by atomic mass is 10.1. The zero-order valence-corrected chi connectivity index (χ0v) is 15.6. The van der Waals surface area contributed by atoms with E-state index in [1.165, 1.54) is 23.5 Å². The summed E-state index contributed by atoms with van der Waals surface area (Å²) in [5.74, 6) is -0.521. The molecule has 1 aromatic heterocycles. The van der Waals surface area contributed by atoms with Crippen molar-refractivity contribution in [3.05, 3.63) is 62.7 Å². The molecule has 1 amide bonds. The highest BCUT2D eigenvalue weighted by Crippen LogP contribution is 2.28. The van der Waals surface area contributed by atoms with Gasteiger partial charge in [0.05, 0.1) is 10.6 Å². The van der Waals surface area contributed by atoms with Gasteiger partial charge in [0.25, 0.3) is 5.91 Å². The zero-order chi connectivity index (χ0) is 18.7. The molecular weight excluding hydrogens is 377 g/mol. The summed E-state index contributed by atoms with van der Waals surface area (Å²) >= 11 is 7.45. The first-order valence-electron chi connectivity index (χ1n) is 7.97. The van der Waals surface area contributed by atoms with Gasteiger partial charge in [-0.1, -0.05) is 23.7 Å². The molecule has 2 aromatic rings. The van der Waals surface area contributed by atoms with Gasteiger partial charge in [-0.25, -0.2) is 4.39 Å². The van der Waals surface area contributed by atoms with E-state index in [1.54, 1.807) is 17.1 Å². The van der Waals surface area contributed by atoms with Crippen LogP contribution in [-0.2, 0) is 6.42 Å². The van der Waals surface area contributed by atoms with Crippen LogP contribution in [0.5, 0.6) is 0 Å². The highest BCUT2D eigenvalue weighted by Gasteiger charge is 2.22. The van der Waals surface area contributed by atoms with Gasteiger partial charge in [-0.3, -0.25) is 15.2 Å². The third-order valence-electron chi connectivity index (χ3n) is 3.96. The first-order chi connectivity index (χ1) is 12.5. The van der Waals surface area contributed by atoms with Crippen LogP contribution in [0.4, 0.5) is 4.39 Å². The van der Waals surface area contributed by atoms with Crippen molar-refractivity contribution in [2.75, 3.05) is 13.6 Å². The number of hydrogen-bond donors (Lipinski definition) is 4. The van der Waals surface area contributed by atoms with Crippen molar-refractivity contribution in [1.29, 1.82) is 0 Å². The van der Waals surface area contributed by atoms with Crippen molar-refractivity contribution in [2.24, 2.45) is 5.73 Å². The maximum absolute atomic E-state index is 13.3. The van der Waals surface area contributed by atoms with E-state index in [-0.39, 0.29) is 24.3 Å². The molecule has 1 aliphatic heterocycles. The number of thiophene rings is 1. The normalized spacial score (nSPS) is 15.2. The lowest BCUT2D eigenvalue weighted by Gasteiger charge is -2.16. The van der Waals surface area contributed by atoms with Crippen molar-refractivity contribution >= 4 is 34.5 Å². The lowest BCUT2D eigenvalue weighted by Crippen LogP contribution is -2.41. The second-order valence-electron chi connectivity index (χ2n) is 5.90. The van der Waals surface area contributed by atoms with Crippen LogP contribution in [0.1, 0.15) is 20.8 Å². The molecule has 1 atom stereocenters. The van der Waals surface area contributed by atoms with Crippen LogP contribution in [-0.4, -0.2) is 30.6 Å². The fourth-order valence-corrected chi connectivity index (χ4v) is 3.77. The van der Waals surface area contributed by atoms with Crippen LogP contribution < -0.4 is 22.0 Å². The molecular formula is C17H19ClFN5OS. The minimum atomic E-state index is -0.305. The Hall–Kier alpha value is -2.13. The molecule has 1 aromatic carbocycles. The molecule has 0 saturated carbocycles. The molecule has 0 spiro atoms. The molecule has 3 rings (SSSR count). The first kappa shape index (κ1) is 18.7. The van der Waals surface area contributed by atoms with E-state index in [4.69, 9.17) is 17.3 Å². The summed E-state index contributed by atoms with van der Waals surface area (Å²) < 4.78 is 13.3. The van der Waals surface area contributed by atoms with E-state index < -0.39 is 0 Å². The Labute approximate surface area is 159 Å². The molecule has 0 aliphatic carbocycles. The number of nitrogens with one attached hydrogen (secondary N) is 3. The van der Waals surface area contributed by atoms with Crippen LogP contribution in [0.2, 0.25) is 0 Å². The predicted octanol–water partition coefficient (Wildman–Crippen LogP) is 2.01. The summed E-state index contributed by atoms with van der Waals surface area (Å²) in [5.41, 5.74) is 13.8. The van der Waals surface area contributed by atoms with Gasteiger partial charge in [0.1, 0.15) is 11.0 Å². The van der Waals surface area contributed by atoms with Gasteiger partial charge in [0.15, 0.2) is 0 Å². The van der Waals surface area contributed by atoms with Crippen molar-refractivity contribution in [3.8, 4) is 0 Å². The van der Waals surface area contributed by atoms with E-state index in [1.807, 2.05) is 18.5 Å². The molecule has 0 saturated heterocycles. The van der Waals surface area contributed by atoms with E-state index in [0.29, 0.717) is 16.5 Å². The largest absolute Gasteiger partial charge is 0.347 e. The summed E-state index contributed by atoms with van der Waals surface area (Å²) in [7, 11) is 1.82. The lowest BCUT2D eigenvalue weighted by molar-refractivity contribution is 0.0942. The number of nitrogens with zero attached hydrogens (tertiary/aromatic N) is 1. The average molecular weight is 396 g/mol. The number of hydrazine groups is 2. The first-order valence-corrected chi connectivity index (χ1v) is 9.23. The van der Waals surface area contributed by atoms with Crippen molar-refractivity contribution in [2.45, 2.75) is 12.5 Å². The molecule has 2 heterocycles. The topological polar surface area (TPSA) is 82.4 Å². The number of rotatable bonds is 6. The maximum Gasteiger partial charge on any atom is 0.261 e. The second-order valence-corrected chi connectivity index (χ2v) is 7.19. The molecule has 1 aliphatic rings. The van der Waals surface area contributed by atoms with Crippen LogP contribution >= 0.6 is 22.9 Å². The van der Waals surface area contributed by atoms with Crippen LogP contribution in [0.3, 0.4) is 0 Å². The molecule has 6 nitrogen and oxygen atoms in total.